The highest BCUT2D eigenvalue weighted by Crippen LogP contribution is 2.25. The van der Waals surface area contributed by atoms with E-state index in [1.54, 1.807) is 61.7 Å². The second kappa shape index (κ2) is 17.5. The summed E-state index contributed by atoms with van der Waals surface area (Å²) in [7, 11) is 4.47. The first kappa shape index (κ1) is 33.9. The van der Waals surface area contributed by atoms with Gasteiger partial charge in [-0.3, -0.25) is 0 Å². The van der Waals surface area contributed by atoms with Crippen molar-refractivity contribution in [3.8, 4) is 23.0 Å². The van der Waals surface area contributed by atoms with Gasteiger partial charge in [-0.15, -0.1) is 0 Å². The maximum Gasteiger partial charge on any atom is 0.347 e. The first-order valence-corrected chi connectivity index (χ1v) is 13.4. The summed E-state index contributed by atoms with van der Waals surface area (Å²) in [6, 6.07) is 26.3. The standard InChI is InChI=1S/C16H16O3.C10H12O3.C8H8O3/c1-3-12-8-7-11-14(18-2)15(12)16(17)19-13-9-5-4-6-10-13;1-3-7-5-4-6-8(13-2)9(7)10(11)12;1-11-7-5-3-2-4-6(7)8(9)10/h4-11H,3H2,1-2H3;4-6H,3H2,1-2H3,(H,11,12);2-5H,1H3,(H,9,10). The van der Waals surface area contributed by atoms with Crippen molar-refractivity contribution >= 4 is 17.9 Å². The Kier molecular flexibility index (Phi) is 13.8. The lowest BCUT2D eigenvalue weighted by Gasteiger charge is -2.12. The molecule has 0 aromatic heterocycles. The molecule has 4 aromatic rings. The molecule has 226 valence electrons. The van der Waals surface area contributed by atoms with Crippen molar-refractivity contribution in [3.05, 3.63) is 119 Å². The van der Waals surface area contributed by atoms with Crippen molar-refractivity contribution < 1.29 is 43.5 Å². The lowest BCUT2D eigenvalue weighted by Crippen LogP contribution is -2.12. The topological polar surface area (TPSA) is 129 Å². The number of methoxy groups -OCH3 is 3. The lowest BCUT2D eigenvalue weighted by atomic mass is 10.0. The summed E-state index contributed by atoms with van der Waals surface area (Å²) >= 11 is 0. The van der Waals surface area contributed by atoms with Crippen molar-refractivity contribution in [2.45, 2.75) is 26.7 Å². The average Bonchev–Trinajstić information content (AvgIpc) is 3.04. The molecule has 0 aliphatic carbocycles. The van der Waals surface area contributed by atoms with Gasteiger partial charge in [0.15, 0.2) is 0 Å². The van der Waals surface area contributed by atoms with E-state index >= 15 is 0 Å². The predicted octanol–water partition coefficient (Wildman–Crippen LogP) is 6.83. The molecule has 4 aromatic carbocycles. The molecule has 0 atom stereocenters. The van der Waals surface area contributed by atoms with Crippen LogP contribution in [0.3, 0.4) is 0 Å². The minimum atomic E-state index is -0.970. The zero-order chi connectivity index (χ0) is 31.8. The molecule has 0 aliphatic heterocycles. The first-order chi connectivity index (χ1) is 20.7. The Morgan fingerprint density at radius 2 is 1.02 bits per heavy atom. The highest BCUT2D eigenvalue weighted by molar-refractivity contribution is 5.95. The fourth-order valence-electron chi connectivity index (χ4n) is 4.02. The van der Waals surface area contributed by atoms with Crippen LogP contribution in [-0.4, -0.2) is 49.5 Å². The van der Waals surface area contributed by atoms with Gasteiger partial charge in [-0.05, 0) is 60.4 Å². The molecule has 0 saturated heterocycles. The van der Waals surface area contributed by atoms with Crippen LogP contribution < -0.4 is 18.9 Å². The number of carbonyl (C=O) groups is 3. The number of ether oxygens (including phenoxy) is 4. The number of aromatic carboxylic acids is 2. The molecule has 2 N–H and O–H groups in total. The van der Waals surface area contributed by atoms with Crippen LogP contribution in [0.15, 0.2) is 91.0 Å². The van der Waals surface area contributed by atoms with Gasteiger partial charge >= 0.3 is 17.9 Å². The molecule has 0 aliphatic rings. The van der Waals surface area contributed by atoms with Crippen LogP contribution in [0.2, 0.25) is 0 Å². The SMILES string of the molecule is CCc1cccc(OC)c1C(=O)O.CCc1cccc(OC)c1C(=O)Oc1ccccc1.COc1ccccc1C(=O)O. The van der Waals surface area contributed by atoms with Gasteiger partial charge < -0.3 is 29.2 Å². The number of carbonyl (C=O) groups excluding carboxylic acids is 1. The third-order valence-corrected chi connectivity index (χ3v) is 6.14. The first-order valence-electron chi connectivity index (χ1n) is 13.4. The number of aryl methyl sites for hydroxylation is 2. The van der Waals surface area contributed by atoms with Gasteiger partial charge in [-0.25, -0.2) is 14.4 Å². The Morgan fingerprint density at radius 3 is 1.49 bits per heavy atom. The van der Waals surface area contributed by atoms with E-state index in [1.807, 2.05) is 44.2 Å². The fourth-order valence-corrected chi connectivity index (χ4v) is 4.02. The summed E-state index contributed by atoms with van der Waals surface area (Å²) in [5, 5.41) is 17.5. The highest BCUT2D eigenvalue weighted by Gasteiger charge is 2.18. The van der Waals surface area contributed by atoms with E-state index < -0.39 is 11.9 Å². The molecular formula is C34H36O9. The number of carboxylic acids is 2. The van der Waals surface area contributed by atoms with E-state index in [2.05, 4.69) is 0 Å². The Balaban J connectivity index is 0.000000236. The molecule has 0 saturated carbocycles. The van der Waals surface area contributed by atoms with Crippen LogP contribution in [0, 0.1) is 0 Å². The quantitative estimate of drug-likeness (QED) is 0.160. The Labute approximate surface area is 251 Å². The van der Waals surface area contributed by atoms with Crippen LogP contribution in [0.25, 0.3) is 0 Å². The molecule has 0 amide bonds. The van der Waals surface area contributed by atoms with Gasteiger partial charge in [0.25, 0.3) is 0 Å². The minimum absolute atomic E-state index is 0.190. The molecule has 0 bridgehead atoms. The molecule has 0 unspecified atom stereocenters. The average molecular weight is 589 g/mol. The molecule has 0 spiro atoms. The summed E-state index contributed by atoms with van der Waals surface area (Å²) in [4.78, 5) is 33.7. The zero-order valence-corrected chi connectivity index (χ0v) is 24.8. The van der Waals surface area contributed by atoms with Crippen LogP contribution in [0.4, 0.5) is 0 Å². The number of benzene rings is 4. The third-order valence-electron chi connectivity index (χ3n) is 6.14. The predicted molar refractivity (Wildman–Crippen MR) is 163 cm³/mol. The van der Waals surface area contributed by atoms with Gasteiger partial charge in [-0.1, -0.05) is 68.4 Å². The molecule has 4 rings (SSSR count). The number of hydrogen-bond donors (Lipinski definition) is 2. The molecule has 0 fully saturated rings. The smallest absolute Gasteiger partial charge is 0.347 e. The van der Waals surface area contributed by atoms with E-state index in [0.29, 0.717) is 35.0 Å². The summed E-state index contributed by atoms with van der Waals surface area (Å²) < 4.78 is 20.4. The van der Waals surface area contributed by atoms with Crippen LogP contribution >= 0.6 is 0 Å². The second-order valence-corrected chi connectivity index (χ2v) is 8.71. The summed E-state index contributed by atoms with van der Waals surface area (Å²) in [5.74, 6) is -0.412. The van der Waals surface area contributed by atoms with E-state index in [-0.39, 0.29) is 17.1 Å². The number of hydrogen-bond acceptors (Lipinski definition) is 7. The highest BCUT2D eigenvalue weighted by atomic mass is 16.5. The Morgan fingerprint density at radius 1 is 0.558 bits per heavy atom. The van der Waals surface area contributed by atoms with Crippen molar-refractivity contribution in [2.75, 3.05) is 21.3 Å². The van der Waals surface area contributed by atoms with Crippen molar-refractivity contribution in [1.82, 2.24) is 0 Å². The third kappa shape index (κ3) is 9.64. The van der Waals surface area contributed by atoms with Crippen LogP contribution in [-0.2, 0) is 12.8 Å². The van der Waals surface area contributed by atoms with Gasteiger partial charge in [-0.2, -0.15) is 0 Å². The zero-order valence-electron chi connectivity index (χ0n) is 24.8. The van der Waals surface area contributed by atoms with Gasteiger partial charge in [0.05, 0.1) is 21.3 Å². The number of rotatable bonds is 9. The summed E-state index contributed by atoms with van der Waals surface area (Å²) in [6.45, 7) is 3.91. The summed E-state index contributed by atoms with van der Waals surface area (Å²) in [6.07, 6.45) is 1.44. The second-order valence-electron chi connectivity index (χ2n) is 8.71. The minimum Gasteiger partial charge on any atom is -0.496 e. The molecule has 0 radical (unpaired) electrons. The normalized spacial score (nSPS) is 9.70. The molecule has 9 nitrogen and oxygen atoms in total. The Bertz CT molecular complexity index is 1450. The molecule has 0 heterocycles. The van der Waals surface area contributed by atoms with Crippen LogP contribution in [0.5, 0.6) is 23.0 Å². The fraction of sp³-hybridized carbons (Fsp3) is 0.206. The molecular weight excluding hydrogens is 552 g/mol. The van der Waals surface area contributed by atoms with Crippen LogP contribution in [0.1, 0.15) is 56.0 Å². The largest absolute Gasteiger partial charge is 0.496 e. The molecule has 9 heteroatoms. The van der Waals surface area contributed by atoms with E-state index in [9.17, 15) is 14.4 Å². The van der Waals surface area contributed by atoms with Crippen molar-refractivity contribution in [3.63, 3.8) is 0 Å². The van der Waals surface area contributed by atoms with E-state index in [1.165, 1.54) is 20.3 Å². The maximum atomic E-state index is 12.3. The number of carboxylic acid groups (broad SMARTS) is 2. The van der Waals surface area contributed by atoms with Gasteiger partial charge in [0.2, 0.25) is 0 Å². The summed E-state index contributed by atoms with van der Waals surface area (Å²) in [5.41, 5.74) is 2.67. The van der Waals surface area contributed by atoms with Crippen molar-refractivity contribution in [1.29, 1.82) is 0 Å². The number of para-hydroxylation sites is 2. The lowest BCUT2D eigenvalue weighted by molar-refractivity contribution is 0.0681. The maximum absolute atomic E-state index is 12.3. The van der Waals surface area contributed by atoms with Crippen molar-refractivity contribution in [2.24, 2.45) is 0 Å². The van der Waals surface area contributed by atoms with Gasteiger partial charge in [0.1, 0.15) is 39.7 Å². The van der Waals surface area contributed by atoms with E-state index in [4.69, 9.17) is 29.2 Å². The Hall–Kier alpha value is -5.31. The van der Waals surface area contributed by atoms with E-state index in [0.717, 1.165) is 17.5 Å². The monoisotopic (exact) mass is 588 g/mol. The number of esters is 1. The van der Waals surface area contributed by atoms with Gasteiger partial charge in [0, 0.05) is 0 Å². The molecule has 43 heavy (non-hydrogen) atoms.